The van der Waals surface area contributed by atoms with Gasteiger partial charge < -0.3 is 16.4 Å². The zero-order chi connectivity index (χ0) is 10.8. The van der Waals surface area contributed by atoms with E-state index in [-0.39, 0.29) is 30.0 Å². The number of aromatic nitrogens is 2. The van der Waals surface area contributed by atoms with Crippen molar-refractivity contribution in [1.82, 2.24) is 9.97 Å². The average molecular weight is 246 g/mol. The molecule has 0 saturated carbocycles. The van der Waals surface area contributed by atoms with Crippen LogP contribution >= 0.6 is 12.4 Å². The smallest absolute Gasteiger partial charge is 0.277 e. The highest BCUT2D eigenvalue weighted by Gasteiger charge is 2.20. The lowest BCUT2D eigenvalue weighted by Gasteiger charge is -2.26. The fourth-order valence-electron chi connectivity index (χ4n) is 1.75. The Bertz CT molecular complexity index is 419. The summed E-state index contributed by atoms with van der Waals surface area (Å²) in [7, 11) is 0. The van der Waals surface area contributed by atoms with Crippen LogP contribution < -0.4 is 21.9 Å². The first kappa shape index (κ1) is 12.6. The van der Waals surface area contributed by atoms with Crippen LogP contribution in [-0.2, 0) is 0 Å². The SMILES string of the molecule is CCCC1CNc2nc(N)[nH]c(=O)c2N1.Cl. The summed E-state index contributed by atoms with van der Waals surface area (Å²) in [6, 6.07) is 0.286. The number of nitrogens with one attached hydrogen (secondary N) is 3. The van der Waals surface area contributed by atoms with Crippen LogP contribution in [0, 0.1) is 0 Å². The summed E-state index contributed by atoms with van der Waals surface area (Å²) in [4.78, 5) is 18.0. The first-order valence-corrected chi connectivity index (χ1v) is 5.11. The summed E-state index contributed by atoms with van der Waals surface area (Å²) >= 11 is 0. The molecule has 0 aliphatic carbocycles. The Morgan fingerprint density at radius 1 is 1.56 bits per heavy atom. The first-order chi connectivity index (χ1) is 7.20. The molecule has 0 aromatic carbocycles. The summed E-state index contributed by atoms with van der Waals surface area (Å²) in [5.41, 5.74) is 5.72. The maximum Gasteiger partial charge on any atom is 0.277 e. The standard InChI is InChI=1S/C9H15N5O.ClH/c1-2-3-5-4-11-7-6(12-5)8(15)14-9(10)13-7;/h5,12H,2-4H2,1H3,(H4,10,11,13,14,15);1H. The van der Waals surface area contributed by atoms with Gasteiger partial charge in [-0.2, -0.15) is 4.98 Å². The molecule has 1 aromatic heterocycles. The molecule has 0 radical (unpaired) electrons. The minimum Gasteiger partial charge on any atom is -0.373 e. The van der Waals surface area contributed by atoms with E-state index in [0.717, 1.165) is 19.4 Å². The van der Waals surface area contributed by atoms with Crippen molar-refractivity contribution < 1.29 is 0 Å². The lowest BCUT2D eigenvalue weighted by molar-refractivity contribution is 0.651. The number of anilines is 3. The van der Waals surface area contributed by atoms with Gasteiger partial charge in [-0.15, -0.1) is 12.4 Å². The molecule has 0 fully saturated rings. The molecule has 0 saturated heterocycles. The lowest BCUT2D eigenvalue weighted by Crippen LogP contribution is -2.37. The van der Waals surface area contributed by atoms with Gasteiger partial charge in [-0.05, 0) is 6.42 Å². The van der Waals surface area contributed by atoms with Crippen LogP contribution in [0.4, 0.5) is 17.5 Å². The van der Waals surface area contributed by atoms with Crippen molar-refractivity contribution in [3.8, 4) is 0 Å². The Labute approximate surface area is 99.4 Å². The highest BCUT2D eigenvalue weighted by Crippen LogP contribution is 2.21. The second-order valence-electron chi connectivity index (χ2n) is 3.69. The zero-order valence-electron chi connectivity index (χ0n) is 9.04. The van der Waals surface area contributed by atoms with E-state index in [1.807, 2.05) is 0 Å². The van der Waals surface area contributed by atoms with Crippen molar-refractivity contribution >= 4 is 29.9 Å². The van der Waals surface area contributed by atoms with Crippen molar-refractivity contribution in [3.63, 3.8) is 0 Å². The molecule has 0 spiro atoms. The minimum absolute atomic E-state index is 0. The van der Waals surface area contributed by atoms with Crippen LogP contribution in [0.25, 0.3) is 0 Å². The third-order valence-corrected chi connectivity index (χ3v) is 2.44. The number of hydrogen-bond donors (Lipinski definition) is 4. The molecule has 0 bridgehead atoms. The molecule has 5 N–H and O–H groups in total. The van der Waals surface area contributed by atoms with E-state index < -0.39 is 0 Å². The molecular weight excluding hydrogens is 230 g/mol. The van der Waals surface area contributed by atoms with Gasteiger partial charge in [0, 0.05) is 12.6 Å². The van der Waals surface area contributed by atoms with E-state index in [2.05, 4.69) is 27.5 Å². The van der Waals surface area contributed by atoms with Gasteiger partial charge in [-0.1, -0.05) is 13.3 Å². The maximum atomic E-state index is 11.6. The molecule has 6 nitrogen and oxygen atoms in total. The van der Waals surface area contributed by atoms with Gasteiger partial charge in [-0.3, -0.25) is 9.78 Å². The molecule has 2 heterocycles. The molecule has 7 heteroatoms. The minimum atomic E-state index is -0.217. The summed E-state index contributed by atoms with van der Waals surface area (Å²) in [5.74, 6) is 0.686. The number of nitrogens with zero attached hydrogens (tertiary/aromatic N) is 1. The van der Waals surface area contributed by atoms with E-state index in [9.17, 15) is 4.79 Å². The van der Waals surface area contributed by atoms with E-state index in [1.165, 1.54) is 0 Å². The topological polar surface area (TPSA) is 95.8 Å². The van der Waals surface area contributed by atoms with Gasteiger partial charge in [0.25, 0.3) is 5.56 Å². The predicted molar refractivity (Wildman–Crippen MR) is 67.3 cm³/mol. The Kier molecular flexibility index (Phi) is 4.00. The first-order valence-electron chi connectivity index (χ1n) is 5.11. The second kappa shape index (κ2) is 5.07. The quantitative estimate of drug-likeness (QED) is 0.618. The third kappa shape index (κ3) is 2.38. The van der Waals surface area contributed by atoms with Gasteiger partial charge >= 0.3 is 0 Å². The van der Waals surface area contributed by atoms with Crippen LogP contribution in [0.2, 0.25) is 0 Å². The molecule has 0 amide bonds. The largest absolute Gasteiger partial charge is 0.373 e. The number of rotatable bonds is 2. The van der Waals surface area contributed by atoms with Crippen LogP contribution in [0.3, 0.4) is 0 Å². The van der Waals surface area contributed by atoms with Gasteiger partial charge in [0.2, 0.25) is 5.95 Å². The Balaban J connectivity index is 0.00000128. The Hall–Kier alpha value is -1.43. The van der Waals surface area contributed by atoms with Crippen molar-refractivity contribution in [2.45, 2.75) is 25.8 Å². The van der Waals surface area contributed by atoms with Gasteiger partial charge in [0.15, 0.2) is 5.82 Å². The molecule has 90 valence electrons. The summed E-state index contributed by atoms with van der Waals surface area (Å²) in [6.07, 6.45) is 2.10. The Morgan fingerprint density at radius 2 is 2.31 bits per heavy atom. The number of halogens is 1. The fraction of sp³-hybridized carbons (Fsp3) is 0.556. The van der Waals surface area contributed by atoms with Crippen LogP contribution in [0.15, 0.2) is 4.79 Å². The fourth-order valence-corrected chi connectivity index (χ4v) is 1.75. The zero-order valence-corrected chi connectivity index (χ0v) is 9.86. The molecule has 1 unspecified atom stereocenters. The molecule has 1 aliphatic rings. The number of nitrogens with two attached hydrogens (primary N) is 1. The normalized spacial score (nSPS) is 17.7. The molecule has 1 aromatic rings. The third-order valence-electron chi connectivity index (χ3n) is 2.44. The van der Waals surface area contributed by atoms with Crippen molar-refractivity contribution in [1.29, 1.82) is 0 Å². The number of H-pyrrole nitrogens is 1. The van der Waals surface area contributed by atoms with Crippen LogP contribution in [-0.4, -0.2) is 22.6 Å². The highest BCUT2D eigenvalue weighted by molar-refractivity contribution is 5.85. The maximum absolute atomic E-state index is 11.6. The summed E-state index contributed by atoms with van der Waals surface area (Å²) in [6.45, 7) is 2.89. The van der Waals surface area contributed by atoms with E-state index in [4.69, 9.17) is 5.73 Å². The van der Waals surface area contributed by atoms with E-state index in [0.29, 0.717) is 11.5 Å². The molecule has 1 atom stereocenters. The van der Waals surface area contributed by atoms with Gasteiger partial charge in [0.05, 0.1) is 0 Å². The van der Waals surface area contributed by atoms with Crippen LogP contribution in [0.5, 0.6) is 0 Å². The molecular formula is C9H16ClN5O. The number of hydrogen-bond acceptors (Lipinski definition) is 5. The number of aromatic amines is 1. The average Bonchev–Trinajstić information content (AvgIpc) is 2.19. The number of nitrogen functional groups attached to an aromatic ring is 1. The second-order valence-corrected chi connectivity index (χ2v) is 3.69. The molecule has 2 rings (SSSR count). The van der Waals surface area contributed by atoms with Gasteiger partial charge in [-0.25, -0.2) is 0 Å². The van der Waals surface area contributed by atoms with Gasteiger partial charge in [0.1, 0.15) is 5.69 Å². The predicted octanol–water partition coefficient (Wildman–Crippen LogP) is 0.780. The van der Waals surface area contributed by atoms with Crippen molar-refractivity contribution in [2.75, 3.05) is 22.9 Å². The lowest BCUT2D eigenvalue weighted by atomic mass is 10.1. The Morgan fingerprint density at radius 3 is 3.00 bits per heavy atom. The van der Waals surface area contributed by atoms with Crippen molar-refractivity contribution in [3.05, 3.63) is 10.4 Å². The van der Waals surface area contributed by atoms with Crippen molar-refractivity contribution in [2.24, 2.45) is 0 Å². The van der Waals surface area contributed by atoms with E-state index in [1.54, 1.807) is 0 Å². The number of fused-ring (bicyclic) bond motifs is 1. The summed E-state index contributed by atoms with van der Waals surface area (Å²) in [5, 5.41) is 6.27. The highest BCUT2D eigenvalue weighted by atomic mass is 35.5. The summed E-state index contributed by atoms with van der Waals surface area (Å²) < 4.78 is 0. The molecule has 1 aliphatic heterocycles. The van der Waals surface area contributed by atoms with E-state index >= 15 is 0 Å². The van der Waals surface area contributed by atoms with Crippen LogP contribution in [0.1, 0.15) is 19.8 Å². The monoisotopic (exact) mass is 245 g/mol. The molecule has 16 heavy (non-hydrogen) atoms.